The molecule has 1 amide bonds. The standard InChI is InChI=1S/C33H38N8O2/c1-2-30(42)40-14-11-23(12-15-40)36-28-9-5-22-20-25(7-8-26(22)28)41-32(27-4-3-13-35-31(27)34)38-29-10-6-24(37-33(29)41)21-39-16-18-43-19-17-39/h2-4,6-8,10,13,20,23,28,36H,1,5,9,11-12,14-19,21H2,(H2,34,35). The summed E-state index contributed by atoms with van der Waals surface area (Å²) in [5.74, 6) is 1.21. The highest BCUT2D eigenvalue weighted by molar-refractivity contribution is 5.87. The monoisotopic (exact) mass is 578 g/mol. The zero-order valence-corrected chi connectivity index (χ0v) is 24.4. The van der Waals surface area contributed by atoms with Crippen LogP contribution in [0.15, 0.2) is 61.3 Å². The van der Waals surface area contributed by atoms with Crippen LogP contribution in [0, 0.1) is 0 Å². The molecule has 4 aromatic rings. The summed E-state index contributed by atoms with van der Waals surface area (Å²) in [6.45, 7) is 9.26. The molecule has 10 heteroatoms. The maximum absolute atomic E-state index is 12.0. The number of anilines is 1. The van der Waals surface area contributed by atoms with Crippen LogP contribution in [0.4, 0.5) is 5.82 Å². The summed E-state index contributed by atoms with van der Waals surface area (Å²) in [6.07, 6.45) is 7.09. The second-order valence-corrected chi connectivity index (χ2v) is 11.7. The molecule has 3 aliphatic rings. The number of aryl methyl sites for hydroxylation is 1. The summed E-state index contributed by atoms with van der Waals surface area (Å²) in [6, 6.07) is 15.4. The number of imidazole rings is 1. The van der Waals surface area contributed by atoms with Crippen molar-refractivity contribution in [3.05, 3.63) is 78.1 Å². The molecule has 2 saturated heterocycles. The van der Waals surface area contributed by atoms with Gasteiger partial charge in [0.1, 0.15) is 11.3 Å². The second-order valence-electron chi connectivity index (χ2n) is 11.7. The third kappa shape index (κ3) is 5.53. The number of likely N-dealkylation sites (tertiary alicyclic amines) is 1. The van der Waals surface area contributed by atoms with Gasteiger partial charge in [0, 0.05) is 56.7 Å². The maximum Gasteiger partial charge on any atom is 0.245 e. The highest BCUT2D eigenvalue weighted by Gasteiger charge is 2.29. The van der Waals surface area contributed by atoms with E-state index in [1.165, 1.54) is 17.2 Å². The Bertz CT molecular complexity index is 1650. The number of nitrogens with zero attached hydrogens (tertiary/aromatic N) is 6. The van der Waals surface area contributed by atoms with Crippen molar-refractivity contribution in [1.82, 2.24) is 34.6 Å². The number of carbonyl (C=O) groups is 1. The van der Waals surface area contributed by atoms with Crippen molar-refractivity contribution in [3.8, 4) is 17.1 Å². The van der Waals surface area contributed by atoms with Crippen LogP contribution in [0.5, 0.6) is 0 Å². The van der Waals surface area contributed by atoms with E-state index in [9.17, 15) is 4.79 Å². The molecule has 1 aromatic carbocycles. The lowest BCUT2D eigenvalue weighted by Crippen LogP contribution is -2.45. The number of fused-ring (bicyclic) bond motifs is 2. The number of pyridine rings is 2. The van der Waals surface area contributed by atoms with Gasteiger partial charge in [0.05, 0.1) is 24.5 Å². The second kappa shape index (κ2) is 11.9. The zero-order valence-electron chi connectivity index (χ0n) is 24.4. The molecule has 10 nitrogen and oxygen atoms in total. The molecule has 43 heavy (non-hydrogen) atoms. The fourth-order valence-corrected chi connectivity index (χ4v) is 6.70. The average molecular weight is 579 g/mol. The van der Waals surface area contributed by atoms with Gasteiger partial charge in [0.15, 0.2) is 11.5 Å². The largest absolute Gasteiger partial charge is 0.383 e. The van der Waals surface area contributed by atoms with Crippen LogP contribution in [0.2, 0.25) is 0 Å². The number of hydrogen-bond donors (Lipinski definition) is 2. The first kappa shape index (κ1) is 27.7. The van der Waals surface area contributed by atoms with E-state index in [1.807, 2.05) is 17.0 Å². The molecule has 3 aromatic heterocycles. The Labute approximate surface area is 251 Å². The number of carbonyl (C=O) groups excluding carboxylic acids is 1. The third-order valence-corrected chi connectivity index (χ3v) is 9.01. The predicted molar refractivity (Wildman–Crippen MR) is 167 cm³/mol. The third-order valence-electron chi connectivity index (χ3n) is 9.01. The normalized spacial score (nSPS) is 19.5. The van der Waals surface area contributed by atoms with Crippen LogP contribution in [-0.4, -0.2) is 80.7 Å². The fraction of sp³-hybridized carbons (Fsp3) is 0.394. The van der Waals surface area contributed by atoms with Gasteiger partial charge in [0.2, 0.25) is 5.91 Å². The summed E-state index contributed by atoms with van der Waals surface area (Å²) in [5, 5.41) is 3.89. The van der Waals surface area contributed by atoms with Crippen molar-refractivity contribution < 1.29 is 9.53 Å². The Hall–Kier alpha value is -4.12. The van der Waals surface area contributed by atoms with E-state index in [-0.39, 0.29) is 5.91 Å². The Balaban J connectivity index is 1.20. The molecule has 5 heterocycles. The van der Waals surface area contributed by atoms with Crippen molar-refractivity contribution >= 4 is 22.9 Å². The predicted octanol–water partition coefficient (Wildman–Crippen LogP) is 3.65. The molecule has 0 bridgehead atoms. The minimum Gasteiger partial charge on any atom is -0.383 e. The number of nitrogens with one attached hydrogen (secondary N) is 1. The number of nitrogens with two attached hydrogens (primary N) is 1. The first-order valence-electron chi connectivity index (χ1n) is 15.3. The van der Waals surface area contributed by atoms with Crippen LogP contribution < -0.4 is 11.1 Å². The molecule has 1 aliphatic carbocycles. The average Bonchev–Trinajstić information content (AvgIpc) is 3.62. The lowest BCUT2D eigenvalue weighted by atomic mass is 10.0. The van der Waals surface area contributed by atoms with E-state index in [0.717, 1.165) is 106 Å². The molecule has 7 rings (SSSR count). The molecule has 0 radical (unpaired) electrons. The van der Waals surface area contributed by atoms with E-state index in [2.05, 4.69) is 56.7 Å². The van der Waals surface area contributed by atoms with Gasteiger partial charge in [-0.25, -0.2) is 15.0 Å². The molecule has 1 atom stereocenters. The minimum atomic E-state index is 0.0272. The summed E-state index contributed by atoms with van der Waals surface area (Å²) in [4.78, 5) is 30.8. The number of ether oxygens (including phenoxy) is 1. The summed E-state index contributed by atoms with van der Waals surface area (Å²) in [5.41, 5.74) is 13.5. The van der Waals surface area contributed by atoms with Gasteiger partial charge >= 0.3 is 0 Å². The van der Waals surface area contributed by atoms with Gasteiger partial charge < -0.3 is 20.7 Å². The Morgan fingerprint density at radius 3 is 2.70 bits per heavy atom. The molecule has 0 saturated carbocycles. The van der Waals surface area contributed by atoms with Crippen LogP contribution >= 0.6 is 0 Å². The first-order chi connectivity index (χ1) is 21.1. The van der Waals surface area contributed by atoms with Gasteiger partial charge in [0.25, 0.3) is 0 Å². The highest BCUT2D eigenvalue weighted by atomic mass is 16.5. The van der Waals surface area contributed by atoms with E-state index in [1.54, 1.807) is 6.20 Å². The van der Waals surface area contributed by atoms with Gasteiger partial charge in [-0.1, -0.05) is 12.6 Å². The van der Waals surface area contributed by atoms with E-state index in [4.69, 9.17) is 20.4 Å². The van der Waals surface area contributed by atoms with Gasteiger partial charge in [-0.2, -0.15) is 0 Å². The van der Waals surface area contributed by atoms with Crippen molar-refractivity contribution in [2.75, 3.05) is 45.1 Å². The molecular weight excluding hydrogens is 540 g/mol. The topological polar surface area (TPSA) is 114 Å². The Kier molecular flexibility index (Phi) is 7.65. The van der Waals surface area contributed by atoms with Crippen LogP contribution in [0.3, 0.4) is 0 Å². The van der Waals surface area contributed by atoms with Crippen LogP contribution in [0.25, 0.3) is 28.2 Å². The molecule has 222 valence electrons. The molecule has 2 fully saturated rings. The molecule has 1 unspecified atom stereocenters. The van der Waals surface area contributed by atoms with Crippen molar-refractivity contribution in [1.29, 1.82) is 0 Å². The number of piperidine rings is 1. The summed E-state index contributed by atoms with van der Waals surface area (Å²) >= 11 is 0. The molecule has 0 spiro atoms. The number of nitrogen functional groups attached to an aromatic ring is 1. The quantitative estimate of drug-likeness (QED) is 0.320. The molecule has 2 aliphatic heterocycles. The summed E-state index contributed by atoms with van der Waals surface area (Å²) < 4.78 is 7.67. The zero-order chi connectivity index (χ0) is 29.3. The number of aromatic nitrogens is 4. The van der Waals surface area contributed by atoms with Crippen molar-refractivity contribution in [2.24, 2.45) is 0 Å². The van der Waals surface area contributed by atoms with E-state index in [0.29, 0.717) is 17.9 Å². The van der Waals surface area contributed by atoms with Gasteiger partial charge in [-0.3, -0.25) is 14.3 Å². The molecule has 3 N–H and O–H groups in total. The SMILES string of the molecule is C=CC(=O)N1CCC(NC2CCc3cc(-n4c(-c5cccnc5N)nc5ccc(CN6CCOCC6)nc54)ccc32)CC1. The number of amides is 1. The number of benzene rings is 1. The van der Waals surface area contributed by atoms with Gasteiger partial charge in [-0.15, -0.1) is 0 Å². The molecular formula is C33H38N8O2. The Morgan fingerprint density at radius 2 is 1.91 bits per heavy atom. The van der Waals surface area contributed by atoms with E-state index >= 15 is 0 Å². The maximum atomic E-state index is 12.0. The first-order valence-corrected chi connectivity index (χ1v) is 15.3. The van der Waals surface area contributed by atoms with Gasteiger partial charge in [-0.05, 0) is 79.3 Å². The minimum absolute atomic E-state index is 0.0272. The number of morpholine rings is 1. The number of hydrogen-bond acceptors (Lipinski definition) is 8. The Morgan fingerprint density at radius 1 is 1.07 bits per heavy atom. The van der Waals surface area contributed by atoms with Crippen LogP contribution in [0.1, 0.15) is 42.1 Å². The highest BCUT2D eigenvalue weighted by Crippen LogP contribution is 2.36. The van der Waals surface area contributed by atoms with Crippen LogP contribution in [-0.2, 0) is 22.5 Å². The fourth-order valence-electron chi connectivity index (χ4n) is 6.70. The summed E-state index contributed by atoms with van der Waals surface area (Å²) in [7, 11) is 0. The lowest BCUT2D eigenvalue weighted by Gasteiger charge is -2.33. The lowest BCUT2D eigenvalue weighted by molar-refractivity contribution is -0.127. The smallest absolute Gasteiger partial charge is 0.245 e. The van der Waals surface area contributed by atoms with E-state index < -0.39 is 0 Å². The number of rotatable bonds is 7. The van der Waals surface area contributed by atoms with Crippen molar-refractivity contribution in [3.63, 3.8) is 0 Å². The van der Waals surface area contributed by atoms with Crippen molar-refractivity contribution in [2.45, 2.75) is 44.3 Å².